The lowest BCUT2D eigenvalue weighted by atomic mass is 10.0. The number of likely N-dealkylation sites (tertiary alicyclic amines) is 1. The van der Waals surface area contributed by atoms with Gasteiger partial charge in [-0.3, -0.25) is 9.78 Å². The Bertz CT molecular complexity index is 465. The third-order valence-corrected chi connectivity index (χ3v) is 3.82. The van der Waals surface area contributed by atoms with Crippen LogP contribution in [-0.4, -0.2) is 53.9 Å². The summed E-state index contributed by atoms with van der Waals surface area (Å²) >= 11 is 0. The molecule has 0 aromatic carbocycles. The van der Waals surface area contributed by atoms with Crippen LogP contribution in [0, 0.1) is 6.92 Å². The summed E-state index contributed by atoms with van der Waals surface area (Å²) < 4.78 is 0. The van der Waals surface area contributed by atoms with Crippen molar-refractivity contribution < 1.29 is 4.79 Å². The fourth-order valence-corrected chi connectivity index (χ4v) is 2.52. The molecule has 0 aliphatic carbocycles. The minimum atomic E-state index is 0.0505. The van der Waals surface area contributed by atoms with Gasteiger partial charge in [-0.1, -0.05) is 0 Å². The van der Waals surface area contributed by atoms with E-state index < -0.39 is 0 Å². The number of rotatable bonds is 2. The van der Waals surface area contributed by atoms with Crippen LogP contribution in [-0.2, 0) is 0 Å². The smallest absolute Gasteiger partial charge is 0.255 e. The van der Waals surface area contributed by atoms with Gasteiger partial charge in [-0.25, -0.2) is 0 Å². The van der Waals surface area contributed by atoms with Crippen LogP contribution in [0.4, 0.5) is 5.69 Å². The van der Waals surface area contributed by atoms with Gasteiger partial charge in [0.15, 0.2) is 0 Å². The maximum atomic E-state index is 12.5. The predicted molar refractivity (Wildman–Crippen MR) is 76.0 cm³/mol. The highest BCUT2D eigenvalue weighted by molar-refractivity contribution is 5.96. The fraction of sp³-hybridized carbons (Fsp3) is 0.571. The second-order valence-corrected chi connectivity index (χ2v) is 5.39. The molecule has 0 bridgehead atoms. The van der Waals surface area contributed by atoms with Crippen molar-refractivity contribution >= 4 is 11.6 Å². The van der Waals surface area contributed by atoms with E-state index in [1.54, 1.807) is 12.3 Å². The lowest BCUT2D eigenvalue weighted by Gasteiger charge is -2.35. The molecule has 5 heteroatoms. The van der Waals surface area contributed by atoms with E-state index in [1.165, 1.54) is 0 Å². The zero-order valence-corrected chi connectivity index (χ0v) is 11.9. The van der Waals surface area contributed by atoms with Crippen molar-refractivity contribution in [1.29, 1.82) is 0 Å². The number of anilines is 1. The first-order chi connectivity index (χ1) is 8.99. The first-order valence-electron chi connectivity index (χ1n) is 6.67. The first-order valence-corrected chi connectivity index (χ1v) is 6.67. The molecule has 1 aromatic heterocycles. The molecule has 2 N–H and O–H groups in total. The number of piperidine rings is 1. The average Bonchev–Trinajstić information content (AvgIpc) is 2.41. The largest absolute Gasteiger partial charge is 0.397 e. The van der Waals surface area contributed by atoms with Gasteiger partial charge in [0.25, 0.3) is 5.91 Å². The van der Waals surface area contributed by atoms with Crippen molar-refractivity contribution in [2.24, 2.45) is 0 Å². The lowest BCUT2D eigenvalue weighted by molar-refractivity contribution is 0.0662. The van der Waals surface area contributed by atoms with Crippen LogP contribution in [0.2, 0.25) is 0 Å². The summed E-state index contributed by atoms with van der Waals surface area (Å²) in [6, 6.07) is 2.30. The Labute approximate surface area is 114 Å². The van der Waals surface area contributed by atoms with Gasteiger partial charge in [-0.05, 0) is 39.9 Å². The Hall–Kier alpha value is -1.62. The molecule has 0 spiro atoms. The van der Waals surface area contributed by atoms with Crippen LogP contribution in [0.15, 0.2) is 12.3 Å². The van der Waals surface area contributed by atoms with E-state index in [2.05, 4.69) is 24.0 Å². The van der Waals surface area contributed by atoms with Crippen molar-refractivity contribution in [3.05, 3.63) is 23.5 Å². The summed E-state index contributed by atoms with van der Waals surface area (Å²) in [6.45, 7) is 3.45. The maximum absolute atomic E-state index is 12.5. The number of nitrogens with zero attached hydrogens (tertiary/aromatic N) is 3. The summed E-state index contributed by atoms with van der Waals surface area (Å²) in [5, 5.41) is 0. The van der Waals surface area contributed by atoms with Crippen LogP contribution in [0.3, 0.4) is 0 Å². The number of amides is 1. The summed E-state index contributed by atoms with van der Waals surface area (Å²) in [4.78, 5) is 20.8. The highest BCUT2D eigenvalue weighted by Gasteiger charge is 2.25. The minimum absolute atomic E-state index is 0.0505. The molecule has 1 fully saturated rings. The highest BCUT2D eigenvalue weighted by atomic mass is 16.2. The van der Waals surface area contributed by atoms with Gasteiger partial charge in [0.05, 0.1) is 23.1 Å². The van der Waals surface area contributed by atoms with Crippen LogP contribution in [0.25, 0.3) is 0 Å². The van der Waals surface area contributed by atoms with Crippen LogP contribution in [0.1, 0.15) is 28.9 Å². The third kappa shape index (κ3) is 3.04. The molecule has 0 radical (unpaired) electrons. The highest BCUT2D eigenvalue weighted by Crippen LogP contribution is 2.18. The van der Waals surface area contributed by atoms with E-state index >= 15 is 0 Å². The summed E-state index contributed by atoms with van der Waals surface area (Å²) in [7, 11) is 4.18. The number of carbonyl (C=O) groups is 1. The summed E-state index contributed by atoms with van der Waals surface area (Å²) in [5.41, 5.74) is 7.63. The van der Waals surface area contributed by atoms with Crippen molar-refractivity contribution in [2.75, 3.05) is 32.9 Å². The number of hydrogen-bond donors (Lipinski definition) is 1. The standard InChI is InChI=1S/C14H22N4O/c1-10-13(8-11(15)9-16-10)14(19)18-6-4-12(5-7-18)17(2)3/h8-9,12H,4-7,15H2,1-3H3. The topological polar surface area (TPSA) is 62.5 Å². The van der Waals surface area contributed by atoms with E-state index in [4.69, 9.17) is 5.73 Å². The molecule has 19 heavy (non-hydrogen) atoms. The molecular weight excluding hydrogens is 240 g/mol. The predicted octanol–water partition coefficient (Wildman–Crippen LogP) is 1.14. The molecular formula is C14H22N4O. The van der Waals surface area contributed by atoms with Crippen molar-refractivity contribution in [1.82, 2.24) is 14.8 Å². The maximum Gasteiger partial charge on any atom is 0.255 e. The molecule has 0 atom stereocenters. The molecule has 1 amide bonds. The molecule has 1 aliphatic rings. The van der Waals surface area contributed by atoms with Crippen LogP contribution >= 0.6 is 0 Å². The second-order valence-electron chi connectivity index (χ2n) is 5.39. The Morgan fingerprint density at radius 1 is 1.42 bits per heavy atom. The molecule has 2 rings (SSSR count). The average molecular weight is 262 g/mol. The zero-order chi connectivity index (χ0) is 14.0. The number of carbonyl (C=O) groups excluding carboxylic acids is 1. The fourth-order valence-electron chi connectivity index (χ4n) is 2.52. The van der Waals surface area contributed by atoms with Gasteiger partial charge in [0.1, 0.15) is 0 Å². The SMILES string of the molecule is Cc1ncc(N)cc1C(=O)N1CCC(N(C)C)CC1. The van der Waals surface area contributed by atoms with E-state index in [0.717, 1.165) is 31.6 Å². The Morgan fingerprint density at radius 3 is 2.63 bits per heavy atom. The Morgan fingerprint density at radius 2 is 2.05 bits per heavy atom. The van der Waals surface area contributed by atoms with Gasteiger partial charge in [0, 0.05) is 19.1 Å². The number of nitrogen functional groups attached to an aromatic ring is 1. The number of pyridine rings is 1. The molecule has 104 valence electrons. The van der Waals surface area contributed by atoms with Gasteiger partial charge in [-0.2, -0.15) is 0 Å². The Balaban J connectivity index is 2.07. The van der Waals surface area contributed by atoms with Gasteiger partial charge in [-0.15, -0.1) is 0 Å². The lowest BCUT2D eigenvalue weighted by Crippen LogP contribution is -2.44. The molecule has 1 aliphatic heterocycles. The van der Waals surface area contributed by atoms with Gasteiger partial charge >= 0.3 is 0 Å². The second kappa shape index (κ2) is 5.57. The normalized spacial score (nSPS) is 16.9. The minimum Gasteiger partial charge on any atom is -0.397 e. The molecule has 1 saturated heterocycles. The van der Waals surface area contributed by atoms with Crippen molar-refractivity contribution in [3.8, 4) is 0 Å². The number of nitrogens with two attached hydrogens (primary N) is 1. The first kappa shape index (κ1) is 13.8. The molecule has 0 saturated carbocycles. The molecule has 0 unspecified atom stereocenters. The van der Waals surface area contributed by atoms with Gasteiger partial charge in [0.2, 0.25) is 0 Å². The third-order valence-electron chi connectivity index (χ3n) is 3.82. The summed E-state index contributed by atoms with van der Waals surface area (Å²) in [5.74, 6) is 0.0505. The van der Waals surface area contributed by atoms with Gasteiger partial charge < -0.3 is 15.5 Å². The zero-order valence-electron chi connectivity index (χ0n) is 11.9. The molecule has 1 aromatic rings. The van der Waals surface area contributed by atoms with E-state index in [0.29, 0.717) is 17.3 Å². The monoisotopic (exact) mass is 262 g/mol. The van der Waals surface area contributed by atoms with Crippen molar-refractivity contribution in [3.63, 3.8) is 0 Å². The number of aryl methyl sites for hydroxylation is 1. The number of hydrogen-bond acceptors (Lipinski definition) is 4. The quantitative estimate of drug-likeness (QED) is 0.868. The molecule has 2 heterocycles. The van der Waals surface area contributed by atoms with E-state index in [1.807, 2.05) is 11.8 Å². The van der Waals surface area contributed by atoms with Crippen molar-refractivity contribution in [2.45, 2.75) is 25.8 Å². The van der Waals surface area contributed by atoms with Crippen LogP contribution in [0.5, 0.6) is 0 Å². The summed E-state index contributed by atoms with van der Waals surface area (Å²) in [6.07, 6.45) is 3.63. The molecule has 5 nitrogen and oxygen atoms in total. The Kier molecular flexibility index (Phi) is 4.04. The van der Waals surface area contributed by atoms with Crippen LogP contribution < -0.4 is 5.73 Å². The van der Waals surface area contributed by atoms with E-state index in [-0.39, 0.29) is 5.91 Å². The van der Waals surface area contributed by atoms with E-state index in [9.17, 15) is 4.79 Å². The number of aromatic nitrogens is 1.